The molecule has 3 N–H and O–H groups in total. The molecule has 1 aromatic carbocycles. The summed E-state index contributed by atoms with van der Waals surface area (Å²) in [6, 6.07) is 6.50. The lowest BCUT2D eigenvalue weighted by molar-refractivity contribution is -0.120. The van der Waals surface area contributed by atoms with Gasteiger partial charge in [0.2, 0.25) is 5.91 Å². The van der Waals surface area contributed by atoms with Crippen molar-refractivity contribution in [1.29, 1.82) is 0 Å². The molecule has 1 aromatic rings. The van der Waals surface area contributed by atoms with Crippen molar-refractivity contribution in [3.8, 4) is 5.75 Å². The molecule has 0 aliphatic rings. The number of benzene rings is 1. The van der Waals surface area contributed by atoms with Crippen LogP contribution < -0.4 is 20.7 Å². The van der Waals surface area contributed by atoms with Crippen LogP contribution in [-0.2, 0) is 4.79 Å². The number of nitrogens with one attached hydrogen (secondary N) is 3. The largest absolute Gasteiger partial charge is 0.497 e. The van der Waals surface area contributed by atoms with Crippen LogP contribution in [0.25, 0.3) is 0 Å². The van der Waals surface area contributed by atoms with Crippen LogP contribution in [0, 0.1) is 5.92 Å². The van der Waals surface area contributed by atoms with Gasteiger partial charge in [-0.2, -0.15) is 0 Å². The molecule has 0 unspecified atom stereocenters. The Balaban J connectivity index is 2.30. The fourth-order valence-electron chi connectivity index (χ4n) is 1.39. The number of methoxy groups -OCH3 is 1. The van der Waals surface area contributed by atoms with Crippen LogP contribution in [0.3, 0.4) is 0 Å². The molecule has 6 nitrogen and oxygen atoms in total. The molecule has 0 aliphatic carbocycles. The van der Waals surface area contributed by atoms with Gasteiger partial charge in [-0.3, -0.25) is 4.79 Å². The summed E-state index contributed by atoms with van der Waals surface area (Å²) in [5.74, 6) is 0.889. The molecular weight excluding hydrogens is 258 g/mol. The topological polar surface area (TPSA) is 79.5 Å². The van der Waals surface area contributed by atoms with Gasteiger partial charge in [-0.05, 0) is 30.2 Å². The zero-order chi connectivity index (χ0) is 15.0. The summed E-state index contributed by atoms with van der Waals surface area (Å²) in [5, 5.41) is 7.84. The Labute approximate surface area is 118 Å². The van der Waals surface area contributed by atoms with Crippen molar-refractivity contribution in [3.63, 3.8) is 0 Å². The van der Waals surface area contributed by atoms with E-state index in [1.165, 1.54) is 0 Å². The summed E-state index contributed by atoms with van der Waals surface area (Å²) in [6.07, 6.45) is 0. The molecule has 0 saturated carbocycles. The minimum Gasteiger partial charge on any atom is -0.497 e. The standard InChI is InChI=1S/C14H21N3O3/c1-10(2)8-15-13(18)9-16-14(19)17-11-4-6-12(20-3)7-5-11/h4-7,10H,8-9H2,1-3H3,(H,15,18)(H2,16,17,19). The number of anilines is 1. The van der Waals surface area contributed by atoms with E-state index >= 15 is 0 Å². The molecular formula is C14H21N3O3. The Morgan fingerprint density at radius 3 is 2.35 bits per heavy atom. The fourth-order valence-corrected chi connectivity index (χ4v) is 1.39. The maximum absolute atomic E-state index is 11.6. The van der Waals surface area contributed by atoms with Gasteiger partial charge in [-0.25, -0.2) is 4.79 Å². The van der Waals surface area contributed by atoms with E-state index in [4.69, 9.17) is 4.74 Å². The highest BCUT2D eigenvalue weighted by Crippen LogP contribution is 2.14. The van der Waals surface area contributed by atoms with Crippen molar-refractivity contribution >= 4 is 17.6 Å². The minimum absolute atomic E-state index is 0.0469. The van der Waals surface area contributed by atoms with E-state index in [1.54, 1.807) is 31.4 Å². The average Bonchev–Trinajstić information content (AvgIpc) is 2.43. The summed E-state index contributed by atoms with van der Waals surface area (Å²) >= 11 is 0. The van der Waals surface area contributed by atoms with E-state index in [9.17, 15) is 9.59 Å². The van der Waals surface area contributed by atoms with Gasteiger partial charge in [0.05, 0.1) is 13.7 Å². The molecule has 0 spiro atoms. The monoisotopic (exact) mass is 279 g/mol. The average molecular weight is 279 g/mol. The summed E-state index contributed by atoms with van der Waals surface area (Å²) in [4.78, 5) is 23.0. The van der Waals surface area contributed by atoms with E-state index in [1.807, 2.05) is 13.8 Å². The van der Waals surface area contributed by atoms with Gasteiger partial charge in [0.25, 0.3) is 0 Å². The minimum atomic E-state index is -0.421. The van der Waals surface area contributed by atoms with Crippen molar-refractivity contribution in [2.24, 2.45) is 5.92 Å². The van der Waals surface area contributed by atoms with Gasteiger partial charge in [0.15, 0.2) is 0 Å². The number of hydrogen-bond donors (Lipinski definition) is 3. The van der Waals surface area contributed by atoms with E-state index < -0.39 is 6.03 Å². The first-order valence-electron chi connectivity index (χ1n) is 6.47. The van der Waals surface area contributed by atoms with E-state index in [-0.39, 0.29) is 12.5 Å². The third-order valence-electron chi connectivity index (χ3n) is 2.46. The van der Waals surface area contributed by atoms with E-state index in [0.717, 1.165) is 0 Å². The van der Waals surface area contributed by atoms with Crippen LogP contribution >= 0.6 is 0 Å². The lowest BCUT2D eigenvalue weighted by atomic mass is 10.2. The Morgan fingerprint density at radius 2 is 1.80 bits per heavy atom. The van der Waals surface area contributed by atoms with Crippen LogP contribution in [0.1, 0.15) is 13.8 Å². The lowest BCUT2D eigenvalue weighted by Crippen LogP contribution is -2.39. The SMILES string of the molecule is COc1ccc(NC(=O)NCC(=O)NCC(C)C)cc1. The highest BCUT2D eigenvalue weighted by molar-refractivity contribution is 5.92. The molecule has 0 aliphatic heterocycles. The number of ether oxygens (including phenoxy) is 1. The van der Waals surface area contributed by atoms with Crippen molar-refractivity contribution < 1.29 is 14.3 Å². The molecule has 6 heteroatoms. The highest BCUT2D eigenvalue weighted by atomic mass is 16.5. The third-order valence-corrected chi connectivity index (χ3v) is 2.46. The molecule has 0 radical (unpaired) electrons. The van der Waals surface area contributed by atoms with Crippen LogP contribution in [0.5, 0.6) is 5.75 Å². The van der Waals surface area contributed by atoms with Crippen LogP contribution in [0.4, 0.5) is 10.5 Å². The smallest absolute Gasteiger partial charge is 0.319 e. The summed E-state index contributed by atoms with van der Waals surface area (Å²) in [5.41, 5.74) is 0.630. The molecule has 0 fully saturated rings. The molecule has 3 amide bonds. The molecule has 0 aromatic heterocycles. The van der Waals surface area contributed by atoms with E-state index in [2.05, 4.69) is 16.0 Å². The first-order valence-corrected chi connectivity index (χ1v) is 6.47. The lowest BCUT2D eigenvalue weighted by Gasteiger charge is -2.10. The van der Waals surface area contributed by atoms with Gasteiger partial charge in [-0.15, -0.1) is 0 Å². The second-order valence-electron chi connectivity index (χ2n) is 4.73. The molecule has 110 valence electrons. The second-order valence-corrected chi connectivity index (χ2v) is 4.73. The Kier molecular flexibility index (Phi) is 6.36. The number of urea groups is 1. The van der Waals surface area contributed by atoms with Gasteiger partial charge < -0.3 is 20.7 Å². The normalized spacial score (nSPS) is 10.0. The summed E-state index contributed by atoms with van der Waals surface area (Å²) in [7, 11) is 1.57. The van der Waals surface area contributed by atoms with Crippen molar-refractivity contribution in [2.45, 2.75) is 13.8 Å². The maximum Gasteiger partial charge on any atom is 0.319 e. The highest BCUT2D eigenvalue weighted by Gasteiger charge is 2.06. The Morgan fingerprint density at radius 1 is 1.15 bits per heavy atom. The number of rotatable bonds is 6. The summed E-state index contributed by atoms with van der Waals surface area (Å²) in [6.45, 7) is 4.56. The molecule has 1 rings (SSSR count). The van der Waals surface area contributed by atoms with Gasteiger partial charge in [0.1, 0.15) is 5.75 Å². The second kappa shape index (κ2) is 8.04. The molecule has 0 atom stereocenters. The first kappa shape index (κ1) is 15.8. The van der Waals surface area contributed by atoms with Crippen LogP contribution in [0.2, 0.25) is 0 Å². The number of hydrogen-bond acceptors (Lipinski definition) is 3. The van der Waals surface area contributed by atoms with Crippen molar-refractivity contribution in [2.75, 3.05) is 25.5 Å². The maximum atomic E-state index is 11.6. The zero-order valence-electron chi connectivity index (χ0n) is 12.0. The number of amides is 3. The van der Waals surface area contributed by atoms with Crippen LogP contribution in [-0.4, -0.2) is 32.1 Å². The van der Waals surface area contributed by atoms with E-state index in [0.29, 0.717) is 23.9 Å². The Hall–Kier alpha value is -2.24. The summed E-state index contributed by atoms with van der Waals surface area (Å²) < 4.78 is 5.02. The van der Waals surface area contributed by atoms with Gasteiger partial charge in [0, 0.05) is 12.2 Å². The van der Waals surface area contributed by atoms with Crippen molar-refractivity contribution in [3.05, 3.63) is 24.3 Å². The molecule has 20 heavy (non-hydrogen) atoms. The van der Waals surface area contributed by atoms with Gasteiger partial charge >= 0.3 is 6.03 Å². The zero-order valence-corrected chi connectivity index (χ0v) is 12.0. The fraction of sp³-hybridized carbons (Fsp3) is 0.429. The number of carbonyl (C=O) groups excluding carboxylic acids is 2. The third kappa shape index (κ3) is 6.08. The first-order chi connectivity index (χ1) is 9.51. The molecule has 0 bridgehead atoms. The van der Waals surface area contributed by atoms with Gasteiger partial charge in [-0.1, -0.05) is 13.8 Å². The quantitative estimate of drug-likeness (QED) is 0.740. The molecule has 0 saturated heterocycles. The van der Waals surface area contributed by atoms with Crippen molar-refractivity contribution in [1.82, 2.24) is 10.6 Å². The Bertz CT molecular complexity index is 443. The molecule has 0 heterocycles. The number of carbonyl (C=O) groups is 2. The van der Waals surface area contributed by atoms with Crippen LogP contribution in [0.15, 0.2) is 24.3 Å². The predicted octanol–water partition coefficient (Wildman–Crippen LogP) is 1.59. The predicted molar refractivity (Wildman–Crippen MR) is 77.9 cm³/mol.